The van der Waals surface area contributed by atoms with Gasteiger partial charge in [-0.1, -0.05) is 29.3 Å². The van der Waals surface area contributed by atoms with Gasteiger partial charge < -0.3 is 4.84 Å². The van der Waals surface area contributed by atoms with Crippen LogP contribution in [-0.4, -0.2) is 11.9 Å². The minimum Gasteiger partial charge on any atom is -0.338 e. The summed E-state index contributed by atoms with van der Waals surface area (Å²) in [5.41, 5.74) is 5.51. The average molecular weight is 394 g/mol. The maximum Gasteiger partial charge on any atom is 0.362 e. The molecule has 0 bridgehead atoms. The maximum atomic E-state index is 12.0. The monoisotopic (exact) mass is 393 g/mol. The first-order valence-electron chi connectivity index (χ1n) is 8.37. The molecule has 0 aliphatic rings. The number of azo groups is 1. The molecule has 0 spiro atoms. The lowest BCUT2D eigenvalue weighted by molar-refractivity contribution is 0.0596. The number of amides is 1. The zero-order chi connectivity index (χ0) is 19.9. The summed E-state index contributed by atoms with van der Waals surface area (Å²) in [6, 6.07) is 20.0. The second-order valence-electron chi connectivity index (χ2n) is 5.92. The van der Waals surface area contributed by atoms with Crippen LogP contribution in [0, 0.1) is 6.92 Å². The van der Waals surface area contributed by atoms with Gasteiger partial charge in [0.05, 0.1) is 16.9 Å². The van der Waals surface area contributed by atoms with E-state index >= 15 is 0 Å². The number of hydrogen-bond donors (Lipinski definition) is 1. The molecule has 7 heteroatoms. The number of hydrogen-bond acceptors (Lipinski definition) is 5. The second-order valence-corrected chi connectivity index (χ2v) is 6.35. The summed E-state index contributed by atoms with van der Waals surface area (Å²) in [5.74, 6) is -0.955. The SMILES string of the molecule is Cc1ccc(C(=O)N=Nc2ccc(NOC(=O)c3ccc(Cl)cc3)cc2)cc1. The standard InChI is InChI=1S/C21H16ClN3O3/c1-14-2-4-15(5-3-14)20(26)24-23-18-10-12-19(13-11-18)25-28-21(27)16-6-8-17(22)9-7-16/h2-13,25H,1H3. The Morgan fingerprint density at radius 2 is 1.46 bits per heavy atom. The molecule has 0 atom stereocenters. The van der Waals surface area contributed by atoms with Gasteiger partial charge >= 0.3 is 5.97 Å². The Bertz CT molecular complexity index is 999. The Morgan fingerprint density at radius 3 is 2.11 bits per heavy atom. The fraction of sp³-hybridized carbons (Fsp3) is 0.0476. The van der Waals surface area contributed by atoms with Crippen molar-refractivity contribution in [1.29, 1.82) is 0 Å². The molecule has 0 aliphatic heterocycles. The van der Waals surface area contributed by atoms with Gasteiger partial charge in [0.1, 0.15) is 0 Å². The number of nitrogens with zero attached hydrogens (tertiary/aromatic N) is 2. The van der Waals surface area contributed by atoms with E-state index in [1.54, 1.807) is 60.7 Å². The zero-order valence-corrected chi connectivity index (χ0v) is 15.7. The Kier molecular flexibility index (Phi) is 6.14. The Balaban J connectivity index is 1.55. The fourth-order valence-corrected chi connectivity index (χ4v) is 2.33. The van der Waals surface area contributed by atoms with Crippen LogP contribution in [0.3, 0.4) is 0 Å². The summed E-state index contributed by atoms with van der Waals surface area (Å²) >= 11 is 5.78. The number of aryl methyl sites for hydroxylation is 1. The third-order valence-electron chi connectivity index (χ3n) is 3.76. The number of benzene rings is 3. The third-order valence-corrected chi connectivity index (χ3v) is 4.02. The molecule has 28 heavy (non-hydrogen) atoms. The molecule has 0 unspecified atom stereocenters. The molecule has 3 aromatic rings. The van der Waals surface area contributed by atoms with Crippen molar-refractivity contribution in [3.63, 3.8) is 0 Å². The molecular formula is C21H16ClN3O3. The van der Waals surface area contributed by atoms with Gasteiger partial charge in [0.15, 0.2) is 0 Å². The smallest absolute Gasteiger partial charge is 0.338 e. The predicted octanol–water partition coefficient (Wildman–Crippen LogP) is 5.76. The van der Waals surface area contributed by atoms with Crippen LogP contribution in [0.1, 0.15) is 26.3 Å². The number of rotatable bonds is 5. The van der Waals surface area contributed by atoms with Crippen molar-refractivity contribution in [2.75, 3.05) is 5.48 Å². The Labute approximate surface area is 166 Å². The molecule has 0 saturated carbocycles. The van der Waals surface area contributed by atoms with Gasteiger partial charge in [-0.3, -0.25) is 4.79 Å². The second kappa shape index (κ2) is 8.92. The van der Waals surface area contributed by atoms with E-state index < -0.39 is 11.9 Å². The molecule has 0 radical (unpaired) electrons. The largest absolute Gasteiger partial charge is 0.362 e. The van der Waals surface area contributed by atoms with Crippen LogP contribution in [0.2, 0.25) is 5.02 Å². The van der Waals surface area contributed by atoms with Gasteiger partial charge in [0, 0.05) is 10.6 Å². The summed E-state index contributed by atoms with van der Waals surface area (Å²) in [5, 5.41) is 8.18. The highest BCUT2D eigenvalue weighted by Gasteiger charge is 2.07. The van der Waals surface area contributed by atoms with Crippen molar-refractivity contribution in [2.24, 2.45) is 10.2 Å². The lowest BCUT2D eigenvalue weighted by Gasteiger charge is -2.06. The van der Waals surface area contributed by atoms with E-state index in [9.17, 15) is 9.59 Å². The normalized spacial score (nSPS) is 10.6. The van der Waals surface area contributed by atoms with Gasteiger partial charge in [0.25, 0.3) is 5.91 Å². The van der Waals surface area contributed by atoms with Gasteiger partial charge in [-0.2, -0.15) is 0 Å². The van der Waals surface area contributed by atoms with Crippen molar-refractivity contribution in [2.45, 2.75) is 6.92 Å². The van der Waals surface area contributed by atoms with Crippen LogP contribution >= 0.6 is 11.6 Å². The van der Waals surface area contributed by atoms with Crippen molar-refractivity contribution < 1.29 is 14.4 Å². The summed E-state index contributed by atoms with van der Waals surface area (Å²) < 4.78 is 0. The first-order chi connectivity index (χ1) is 13.5. The van der Waals surface area contributed by atoms with Gasteiger partial charge in [-0.05, 0) is 67.6 Å². The number of nitrogens with one attached hydrogen (secondary N) is 1. The van der Waals surface area contributed by atoms with Crippen molar-refractivity contribution in [3.05, 3.63) is 94.5 Å². The maximum absolute atomic E-state index is 12.0. The van der Waals surface area contributed by atoms with Crippen LogP contribution in [0.4, 0.5) is 11.4 Å². The van der Waals surface area contributed by atoms with Crippen LogP contribution < -0.4 is 5.48 Å². The van der Waals surface area contributed by atoms with Crippen molar-refractivity contribution in [3.8, 4) is 0 Å². The summed E-state index contributed by atoms with van der Waals surface area (Å²) in [6.07, 6.45) is 0. The highest BCUT2D eigenvalue weighted by Crippen LogP contribution is 2.18. The molecule has 3 rings (SSSR count). The van der Waals surface area contributed by atoms with Crippen LogP contribution in [0.15, 0.2) is 83.0 Å². The highest BCUT2D eigenvalue weighted by atomic mass is 35.5. The lowest BCUT2D eigenvalue weighted by atomic mass is 10.1. The number of carbonyl (C=O) groups excluding carboxylic acids is 2. The van der Waals surface area contributed by atoms with Gasteiger partial charge in [-0.25, -0.2) is 10.3 Å². The molecule has 1 amide bonds. The molecule has 140 valence electrons. The molecule has 3 aromatic carbocycles. The molecule has 0 fully saturated rings. The molecule has 0 aromatic heterocycles. The number of halogens is 1. The quantitative estimate of drug-likeness (QED) is 0.441. The molecule has 0 heterocycles. The van der Waals surface area contributed by atoms with Crippen LogP contribution in [-0.2, 0) is 4.84 Å². The molecular weight excluding hydrogens is 378 g/mol. The molecule has 6 nitrogen and oxygen atoms in total. The minimum absolute atomic E-state index is 0.372. The lowest BCUT2D eigenvalue weighted by Crippen LogP contribution is -2.10. The molecule has 0 saturated heterocycles. The van der Waals surface area contributed by atoms with E-state index in [0.717, 1.165) is 5.56 Å². The predicted molar refractivity (Wildman–Crippen MR) is 107 cm³/mol. The summed E-state index contributed by atoms with van der Waals surface area (Å²) in [6.45, 7) is 1.94. The van der Waals surface area contributed by atoms with E-state index in [4.69, 9.17) is 16.4 Å². The average Bonchev–Trinajstić information content (AvgIpc) is 2.72. The van der Waals surface area contributed by atoms with E-state index in [1.807, 2.05) is 19.1 Å². The topological polar surface area (TPSA) is 80.1 Å². The third kappa shape index (κ3) is 5.25. The Hall–Kier alpha value is -3.51. The first-order valence-corrected chi connectivity index (χ1v) is 8.74. The van der Waals surface area contributed by atoms with Gasteiger partial charge in [0.2, 0.25) is 0 Å². The minimum atomic E-state index is -0.538. The first kappa shape index (κ1) is 19.3. The van der Waals surface area contributed by atoms with E-state index in [0.29, 0.717) is 27.5 Å². The zero-order valence-electron chi connectivity index (χ0n) is 14.9. The van der Waals surface area contributed by atoms with Gasteiger partial charge in [-0.15, -0.1) is 10.2 Å². The van der Waals surface area contributed by atoms with Crippen LogP contribution in [0.25, 0.3) is 0 Å². The van der Waals surface area contributed by atoms with E-state index in [-0.39, 0.29) is 0 Å². The van der Waals surface area contributed by atoms with E-state index in [1.165, 1.54) is 0 Å². The Morgan fingerprint density at radius 1 is 0.857 bits per heavy atom. The van der Waals surface area contributed by atoms with Crippen LogP contribution in [0.5, 0.6) is 0 Å². The molecule has 0 aliphatic carbocycles. The van der Waals surface area contributed by atoms with Crippen molar-refractivity contribution in [1.82, 2.24) is 0 Å². The van der Waals surface area contributed by atoms with Crippen molar-refractivity contribution >= 4 is 34.9 Å². The summed E-state index contributed by atoms with van der Waals surface area (Å²) in [7, 11) is 0. The fourth-order valence-electron chi connectivity index (χ4n) is 2.20. The summed E-state index contributed by atoms with van der Waals surface area (Å²) in [4.78, 5) is 28.9. The number of anilines is 1. The van der Waals surface area contributed by atoms with E-state index in [2.05, 4.69) is 15.7 Å². The molecule has 1 N–H and O–H groups in total. The highest BCUT2D eigenvalue weighted by molar-refractivity contribution is 6.30. The number of carbonyl (C=O) groups is 2.